The van der Waals surface area contributed by atoms with Crippen molar-refractivity contribution < 1.29 is 37.7 Å². The van der Waals surface area contributed by atoms with Crippen LogP contribution in [0.15, 0.2) is 30.3 Å². The van der Waals surface area contributed by atoms with Gasteiger partial charge in [-0.2, -0.15) is 0 Å². The van der Waals surface area contributed by atoms with Gasteiger partial charge in [-0.3, -0.25) is 9.59 Å². The Morgan fingerprint density at radius 3 is 2.07 bits per heavy atom. The number of esters is 1. The van der Waals surface area contributed by atoms with Crippen molar-refractivity contribution in [2.24, 2.45) is 0 Å². The highest BCUT2D eigenvalue weighted by Gasteiger charge is 2.18. The maximum absolute atomic E-state index is 13.3. The largest absolute Gasteiger partial charge is 0.496 e. The van der Waals surface area contributed by atoms with Crippen LogP contribution < -0.4 is 24.3 Å². The highest BCUT2D eigenvalue weighted by Crippen LogP contribution is 2.38. The Kier molecular flexibility index (Phi) is 7.64. The van der Waals surface area contributed by atoms with E-state index >= 15 is 0 Å². The van der Waals surface area contributed by atoms with Crippen LogP contribution >= 0.6 is 0 Å². The number of hydrogen-bond donors (Lipinski definition) is 1. The molecule has 0 aliphatic heterocycles. The molecule has 0 radical (unpaired) electrons. The number of amides is 1. The summed E-state index contributed by atoms with van der Waals surface area (Å²) in [6, 6.07) is 6.80. The minimum Gasteiger partial charge on any atom is -0.496 e. The van der Waals surface area contributed by atoms with Crippen molar-refractivity contribution in [2.75, 3.05) is 35.0 Å². The van der Waals surface area contributed by atoms with Crippen molar-refractivity contribution in [3.8, 4) is 23.0 Å². The van der Waals surface area contributed by atoms with Gasteiger partial charge in [-0.05, 0) is 30.3 Å². The molecule has 1 N–H and O–H groups in total. The summed E-state index contributed by atoms with van der Waals surface area (Å²) < 4.78 is 39.1. The van der Waals surface area contributed by atoms with Crippen molar-refractivity contribution in [3.63, 3.8) is 0 Å². The van der Waals surface area contributed by atoms with Gasteiger partial charge in [0.05, 0.1) is 28.4 Å². The lowest BCUT2D eigenvalue weighted by atomic mass is 10.1. The molecule has 0 saturated carbocycles. The second-order valence-electron chi connectivity index (χ2n) is 5.71. The third-order valence-corrected chi connectivity index (χ3v) is 3.95. The van der Waals surface area contributed by atoms with E-state index < -0.39 is 17.7 Å². The summed E-state index contributed by atoms with van der Waals surface area (Å²) in [5, 5.41) is 2.44. The Bertz CT molecular complexity index is 860. The van der Waals surface area contributed by atoms with Crippen molar-refractivity contribution in [3.05, 3.63) is 47.3 Å². The Labute approximate surface area is 167 Å². The van der Waals surface area contributed by atoms with Crippen LogP contribution in [0.5, 0.6) is 23.0 Å². The maximum Gasteiger partial charge on any atom is 0.325 e. The summed E-state index contributed by atoms with van der Waals surface area (Å²) in [5.41, 5.74) is 0.580. The van der Waals surface area contributed by atoms with E-state index in [1.54, 1.807) is 0 Å². The molecule has 0 aliphatic carbocycles. The van der Waals surface area contributed by atoms with Crippen LogP contribution in [0.2, 0.25) is 0 Å². The van der Waals surface area contributed by atoms with Gasteiger partial charge in [-0.15, -0.1) is 0 Å². The fraction of sp³-hybridized carbons (Fsp3) is 0.300. The Morgan fingerprint density at radius 1 is 0.897 bits per heavy atom. The average molecular weight is 407 g/mol. The molecule has 9 heteroatoms. The number of methoxy groups -OCH3 is 4. The SMILES string of the molecule is COc1ccc(F)cc1COC(=O)CNC(=O)c1cc(OC)c(OC)c(OC)c1. The van der Waals surface area contributed by atoms with E-state index in [-0.39, 0.29) is 18.7 Å². The monoisotopic (exact) mass is 407 g/mol. The lowest BCUT2D eigenvalue weighted by molar-refractivity contribution is -0.143. The third-order valence-electron chi connectivity index (χ3n) is 3.95. The summed E-state index contributed by atoms with van der Waals surface area (Å²) >= 11 is 0. The first-order valence-corrected chi connectivity index (χ1v) is 8.49. The van der Waals surface area contributed by atoms with E-state index in [9.17, 15) is 14.0 Å². The Balaban J connectivity index is 1.98. The normalized spacial score (nSPS) is 10.1. The second kappa shape index (κ2) is 10.2. The van der Waals surface area contributed by atoms with Gasteiger partial charge in [0, 0.05) is 11.1 Å². The van der Waals surface area contributed by atoms with E-state index in [0.29, 0.717) is 28.6 Å². The number of halogens is 1. The maximum atomic E-state index is 13.3. The van der Waals surface area contributed by atoms with Crippen molar-refractivity contribution in [2.45, 2.75) is 6.61 Å². The van der Waals surface area contributed by atoms with Gasteiger partial charge in [-0.25, -0.2) is 4.39 Å². The molecule has 0 aromatic heterocycles. The van der Waals surface area contributed by atoms with Gasteiger partial charge in [-0.1, -0.05) is 0 Å². The summed E-state index contributed by atoms with van der Waals surface area (Å²) in [6.07, 6.45) is 0. The molecule has 156 valence electrons. The molecule has 2 rings (SSSR count). The van der Waals surface area contributed by atoms with Crippen LogP contribution in [-0.4, -0.2) is 46.9 Å². The minimum absolute atomic E-state index is 0.195. The smallest absolute Gasteiger partial charge is 0.325 e. The minimum atomic E-state index is -0.697. The molecule has 8 nitrogen and oxygen atoms in total. The van der Waals surface area contributed by atoms with Gasteiger partial charge < -0.3 is 29.0 Å². The molecule has 1 amide bonds. The molecular formula is C20H22FNO7. The third kappa shape index (κ3) is 5.50. The van der Waals surface area contributed by atoms with Crippen molar-refractivity contribution in [1.82, 2.24) is 5.32 Å². The molecule has 0 fully saturated rings. The molecule has 0 saturated heterocycles. The summed E-state index contributed by atoms with van der Waals surface area (Å²) in [5.74, 6) is -0.375. The molecule has 0 spiro atoms. The highest BCUT2D eigenvalue weighted by molar-refractivity contribution is 5.97. The van der Waals surface area contributed by atoms with E-state index in [0.717, 1.165) is 0 Å². The van der Waals surface area contributed by atoms with Crippen LogP contribution in [0.4, 0.5) is 4.39 Å². The van der Waals surface area contributed by atoms with Crippen LogP contribution in [0.25, 0.3) is 0 Å². The first kappa shape index (κ1) is 21.8. The fourth-order valence-electron chi connectivity index (χ4n) is 2.54. The zero-order valence-electron chi connectivity index (χ0n) is 16.5. The lowest BCUT2D eigenvalue weighted by Gasteiger charge is -2.14. The van der Waals surface area contributed by atoms with E-state index in [4.69, 9.17) is 23.7 Å². The Morgan fingerprint density at radius 2 is 1.52 bits per heavy atom. The molecule has 2 aromatic carbocycles. The molecule has 29 heavy (non-hydrogen) atoms. The molecule has 0 bridgehead atoms. The lowest BCUT2D eigenvalue weighted by Crippen LogP contribution is -2.30. The highest BCUT2D eigenvalue weighted by atomic mass is 19.1. The number of nitrogens with one attached hydrogen (secondary N) is 1. The molecular weight excluding hydrogens is 385 g/mol. The number of rotatable bonds is 9. The number of benzene rings is 2. The van der Waals surface area contributed by atoms with Gasteiger partial charge in [0.15, 0.2) is 11.5 Å². The van der Waals surface area contributed by atoms with Crippen molar-refractivity contribution >= 4 is 11.9 Å². The van der Waals surface area contributed by atoms with Gasteiger partial charge >= 0.3 is 5.97 Å². The summed E-state index contributed by atoms with van der Waals surface area (Å²) in [6.45, 7) is -0.576. The number of carbonyl (C=O) groups is 2. The molecule has 0 aliphatic rings. The first-order chi connectivity index (χ1) is 13.9. The van der Waals surface area contributed by atoms with Crippen LogP contribution in [-0.2, 0) is 16.1 Å². The number of hydrogen-bond acceptors (Lipinski definition) is 7. The summed E-state index contributed by atoms with van der Waals surface area (Å²) in [7, 11) is 5.73. The van der Waals surface area contributed by atoms with Gasteiger partial charge in [0.2, 0.25) is 5.75 Å². The quantitative estimate of drug-likeness (QED) is 0.638. The zero-order chi connectivity index (χ0) is 21.4. The molecule has 0 heterocycles. The topological polar surface area (TPSA) is 92.3 Å². The molecule has 0 unspecified atom stereocenters. The summed E-state index contributed by atoms with van der Waals surface area (Å²) in [4.78, 5) is 24.3. The van der Waals surface area contributed by atoms with Gasteiger partial charge in [0.1, 0.15) is 24.7 Å². The van der Waals surface area contributed by atoms with Crippen molar-refractivity contribution in [1.29, 1.82) is 0 Å². The van der Waals surface area contributed by atoms with Crippen LogP contribution in [0, 0.1) is 5.82 Å². The number of ether oxygens (including phenoxy) is 5. The standard InChI is InChI=1S/C20H22FNO7/c1-25-15-6-5-14(21)7-13(15)11-29-18(23)10-22-20(24)12-8-16(26-2)19(28-4)17(9-12)27-3/h5-9H,10-11H2,1-4H3,(H,22,24). The van der Waals surface area contributed by atoms with E-state index in [1.165, 1.54) is 58.8 Å². The van der Waals surface area contributed by atoms with Crippen LogP contribution in [0.3, 0.4) is 0 Å². The predicted octanol–water partition coefficient (Wildman–Crippen LogP) is 2.33. The fourth-order valence-corrected chi connectivity index (χ4v) is 2.54. The van der Waals surface area contributed by atoms with Crippen LogP contribution in [0.1, 0.15) is 15.9 Å². The van der Waals surface area contributed by atoms with E-state index in [1.807, 2.05) is 0 Å². The second-order valence-corrected chi connectivity index (χ2v) is 5.71. The first-order valence-electron chi connectivity index (χ1n) is 8.49. The predicted molar refractivity (Wildman–Crippen MR) is 101 cm³/mol. The molecule has 0 atom stereocenters. The number of carbonyl (C=O) groups excluding carboxylic acids is 2. The Hall–Kier alpha value is -3.49. The van der Waals surface area contributed by atoms with Gasteiger partial charge in [0.25, 0.3) is 5.91 Å². The van der Waals surface area contributed by atoms with E-state index in [2.05, 4.69) is 5.32 Å². The zero-order valence-corrected chi connectivity index (χ0v) is 16.5. The molecule has 2 aromatic rings. The average Bonchev–Trinajstić information content (AvgIpc) is 2.74.